The Bertz CT molecular complexity index is 515. The highest BCUT2D eigenvalue weighted by atomic mass is 16.5. The molecule has 2 fully saturated rings. The van der Waals surface area contributed by atoms with Crippen LogP contribution in [0.5, 0.6) is 5.88 Å². The third kappa shape index (κ3) is 3.90. The van der Waals surface area contributed by atoms with Gasteiger partial charge in [0.25, 0.3) is 0 Å². The molecule has 0 aliphatic carbocycles. The number of methoxy groups -OCH3 is 2. The summed E-state index contributed by atoms with van der Waals surface area (Å²) in [5, 5.41) is 0. The van der Waals surface area contributed by atoms with Crippen molar-refractivity contribution in [3.8, 4) is 5.88 Å². The Morgan fingerprint density at radius 3 is 2.75 bits per heavy atom. The van der Waals surface area contributed by atoms with E-state index in [1.165, 1.54) is 57.4 Å². The minimum absolute atomic E-state index is 0.448. The van der Waals surface area contributed by atoms with E-state index in [9.17, 15) is 0 Å². The highest BCUT2D eigenvalue weighted by Crippen LogP contribution is 2.38. The van der Waals surface area contributed by atoms with Crippen LogP contribution in [0, 0.1) is 0 Å². The molecule has 2 saturated heterocycles. The molecule has 1 spiro atoms. The van der Waals surface area contributed by atoms with Gasteiger partial charge in [-0.05, 0) is 44.7 Å². The Morgan fingerprint density at radius 1 is 1.17 bits per heavy atom. The first kappa shape index (κ1) is 17.6. The number of ether oxygens (including phenoxy) is 2. The van der Waals surface area contributed by atoms with Gasteiger partial charge < -0.3 is 9.47 Å². The average molecular weight is 333 g/mol. The van der Waals surface area contributed by atoms with Crippen molar-refractivity contribution in [2.24, 2.45) is 0 Å². The Balaban J connectivity index is 1.55. The van der Waals surface area contributed by atoms with Gasteiger partial charge in [-0.15, -0.1) is 0 Å². The van der Waals surface area contributed by atoms with Gasteiger partial charge in [-0.3, -0.25) is 9.80 Å². The molecule has 0 atom stereocenters. The van der Waals surface area contributed by atoms with E-state index in [0.717, 1.165) is 25.5 Å². The van der Waals surface area contributed by atoms with Crippen LogP contribution in [0.4, 0.5) is 0 Å². The van der Waals surface area contributed by atoms with E-state index in [1.807, 2.05) is 6.07 Å². The summed E-state index contributed by atoms with van der Waals surface area (Å²) in [6, 6.07) is 4.13. The molecule has 0 bridgehead atoms. The maximum atomic E-state index is 5.39. The van der Waals surface area contributed by atoms with Crippen molar-refractivity contribution in [1.82, 2.24) is 14.8 Å². The second kappa shape index (κ2) is 8.28. The molecule has 1 aromatic rings. The summed E-state index contributed by atoms with van der Waals surface area (Å²) in [6.07, 6.45) is 8.22. The summed E-state index contributed by atoms with van der Waals surface area (Å²) in [6.45, 7) is 6.60. The maximum Gasteiger partial charge on any atom is 0.217 e. The number of likely N-dealkylation sites (tertiary alicyclic amines) is 2. The molecule has 24 heavy (non-hydrogen) atoms. The zero-order chi connectivity index (χ0) is 16.8. The minimum atomic E-state index is 0.448. The third-order valence-electron chi connectivity index (χ3n) is 5.74. The first-order chi connectivity index (χ1) is 11.8. The van der Waals surface area contributed by atoms with Gasteiger partial charge in [0.1, 0.15) is 0 Å². The van der Waals surface area contributed by atoms with Gasteiger partial charge in [0.2, 0.25) is 5.88 Å². The lowest BCUT2D eigenvalue weighted by atomic mass is 9.84. The van der Waals surface area contributed by atoms with Gasteiger partial charge in [0.05, 0.1) is 7.11 Å². The molecule has 134 valence electrons. The lowest BCUT2D eigenvalue weighted by Gasteiger charge is -2.45. The van der Waals surface area contributed by atoms with Gasteiger partial charge in [-0.1, -0.05) is 6.07 Å². The molecule has 1 aromatic heterocycles. The summed E-state index contributed by atoms with van der Waals surface area (Å²) in [7, 11) is 3.50. The molecular formula is C19H31N3O2. The normalized spacial score (nSPS) is 21.4. The second-order valence-corrected chi connectivity index (χ2v) is 7.11. The Hall–Kier alpha value is -1.17. The van der Waals surface area contributed by atoms with Crippen LogP contribution in [0.25, 0.3) is 0 Å². The van der Waals surface area contributed by atoms with Crippen LogP contribution in [-0.2, 0) is 11.3 Å². The van der Waals surface area contributed by atoms with E-state index >= 15 is 0 Å². The molecule has 0 radical (unpaired) electrons. The van der Waals surface area contributed by atoms with Crippen LogP contribution < -0.4 is 4.74 Å². The molecule has 0 N–H and O–H groups in total. The van der Waals surface area contributed by atoms with Gasteiger partial charge in [0, 0.05) is 57.2 Å². The number of aromatic nitrogens is 1. The molecule has 0 saturated carbocycles. The van der Waals surface area contributed by atoms with E-state index in [-0.39, 0.29) is 0 Å². The fourth-order valence-electron chi connectivity index (χ4n) is 4.41. The topological polar surface area (TPSA) is 37.8 Å². The van der Waals surface area contributed by atoms with Crippen LogP contribution in [0.1, 0.15) is 37.7 Å². The van der Waals surface area contributed by atoms with Crippen LogP contribution in [0.3, 0.4) is 0 Å². The molecule has 0 aromatic carbocycles. The van der Waals surface area contributed by atoms with Crippen LogP contribution >= 0.6 is 0 Å². The van der Waals surface area contributed by atoms with E-state index in [2.05, 4.69) is 20.9 Å². The number of pyridine rings is 1. The van der Waals surface area contributed by atoms with Gasteiger partial charge in [-0.25, -0.2) is 4.98 Å². The van der Waals surface area contributed by atoms with Crippen LogP contribution in [0.15, 0.2) is 18.3 Å². The number of piperidine rings is 1. The zero-order valence-electron chi connectivity index (χ0n) is 15.2. The zero-order valence-corrected chi connectivity index (χ0v) is 15.2. The van der Waals surface area contributed by atoms with Crippen LogP contribution in [-0.4, -0.2) is 67.3 Å². The van der Waals surface area contributed by atoms with E-state index in [4.69, 9.17) is 9.47 Å². The SMILES string of the molecule is COCCCN1CCCC12CCN(Cc1cccnc1OC)CC2. The molecule has 0 unspecified atom stereocenters. The number of hydrogen-bond donors (Lipinski definition) is 0. The lowest BCUT2D eigenvalue weighted by Crippen LogP contribution is -2.52. The van der Waals surface area contributed by atoms with Gasteiger partial charge >= 0.3 is 0 Å². The van der Waals surface area contributed by atoms with E-state index in [0.29, 0.717) is 5.54 Å². The standard InChI is InChI=1S/C19H31N3O2/c1-23-15-5-12-22-11-4-7-19(22)8-13-21(14-9-19)16-17-6-3-10-20-18(17)24-2/h3,6,10H,4-5,7-9,11-16H2,1-2H3. The maximum absolute atomic E-state index is 5.39. The first-order valence-electron chi connectivity index (χ1n) is 9.22. The van der Waals surface area contributed by atoms with Crippen molar-refractivity contribution in [3.05, 3.63) is 23.9 Å². The molecule has 5 heteroatoms. The fraction of sp³-hybridized carbons (Fsp3) is 0.737. The molecule has 2 aliphatic rings. The van der Waals surface area contributed by atoms with Crippen molar-refractivity contribution in [1.29, 1.82) is 0 Å². The molecular weight excluding hydrogens is 302 g/mol. The van der Waals surface area contributed by atoms with E-state index < -0.39 is 0 Å². The summed E-state index contributed by atoms with van der Waals surface area (Å²) in [4.78, 5) is 9.61. The van der Waals surface area contributed by atoms with Gasteiger partial charge in [-0.2, -0.15) is 0 Å². The molecule has 5 nitrogen and oxygen atoms in total. The van der Waals surface area contributed by atoms with Crippen LogP contribution in [0.2, 0.25) is 0 Å². The quantitative estimate of drug-likeness (QED) is 0.717. The monoisotopic (exact) mass is 333 g/mol. The number of nitrogens with zero attached hydrogens (tertiary/aromatic N) is 3. The number of hydrogen-bond acceptors (Lipinski definition) is 5. The Kier molecular flexibility index (Phi) is 6.09. The smallest absolute Gasteiger partial charge is 0.217 e. The highest BCUT2D eigenvalue weighted by Gasteiger charge is 2.42. The van der Waals surface area contributed by atoms with Crippen molar-refractivity contribution in [2.75, 3.05) is 47.0 Å². The summed E-state index contributed by atoms with van der Waals surface area (Å²) < 4.78 is 10.6. The van der Waals surface area contributed by atoms with Gasteiger partial charge in [0.15, 0.2) is 0 Å². The highest BCUT2D eigenvalue weighted by molar-refractivity contribution is 5.25. The minimum Gasteiger partial charge on any atom is -0.481 e. The fourth-order valence-corrected chi connectivity index (χ4v) is 4.41. The first-order valence-corrected chi connectivity index (χ1v) is 9.22. The molecule has 0 amide bonds. The predicted octanol–water partition coefficient (Wildman–Crippen LogP) is 2.56. The Morgan fingerprint density at radius 2 is 2.00 bits per heavy atom. The summed E-state index contributed by atoms with van der Waals surface area (Å²) in [5.74, 6) is 0.764. The van der Waals surface area contributed by atoms with Crippen molar-refractivity contribution >= 4 is 0 Å². The molecule has 3 heterocycles. The lowest BCUT2D eigenvalue weighted by molar-refractivity contribution is 0.0440. The molecule has 3 rings (SSSR count). The summed E-state index contributed by atoms with van der Waals surface area (Å²) in [5.41, 5.74) is 1.64. The van der Waals surface area contributed by atoms with Crippen molar-refractivity contribution in [2.45, 2.75) is 44.2 Å². The molecule has 2 aliphatic heterocycles. The predicted molar refractivity (Wildman–Crippen MR) is 95.3 cm³/mol. The second-order valence-electron chi connectivity index (χ2n) is 7.11. The number of rotatable bonds is 7. The largest absolute Gasteiger partial charge is 0.481 e. The van der Waals surface area contributed by atoms with Crippen molar-refractivity contribution < 1.29 is 9.47 Å². The van der Waals surface area contributed by atoms with E-state index in [1.54, 1.807) is 20.4 Å². The average Bonchev–Trinajstić information content (AvgIpc) is 3.00. The van der Waals surface area contributed by atoms with Crippen molar-refractivity contribution in [3.63, 3.8) is 0 Å². The third-order valence-corrected chi connectivity index (χ3v) is 5.74. The summed E-state index contributed by atoms with van der Waals surface area (Å²) >= 11 is 0. The Labute approximate surface area is 145 Å².